The lowest BCUT2D eigenvalue weighted by Gasteiger charge is -2.16. The van der Waals surface area contributed by atoms with Gasteiger partial charge in [-0.25, -0.2) is 4.98 Å². The number of benzene rings is 2. The van der Waals surface area contributed by atoms with Crippen LogP contribution in [-0.4, -0.2) is 26.6 Å². The van der Waals surface area contributed by atoms with Gasteiger partial charge in [0.1, 0.15) is 6.54 Å². The number of amides is 1. The molecule has 0 bridgehead atoms. The Morgan fingerprint density at radius 2 is 1.56 bits per heavy atom. The molecule has 0 aliphatic rings. The number of nitrogens with one attached hydrogen (secondary N) is 1. The van der Waals surface area contributed by atoms with E-state index >= 15 is 0 Å². The van der Waals surface area contributed by atoms with Gasteiger partial charge in [-0.3, -0.25) is 23.5 Å². The van der Waals surface area contributed by atoms with Crippen molar-refractivity contribution in [2.75, 3.05) is 6.54 Å². The van der Waals surface area contributed by atoms with E-state index in [-0.39, 0.29) is 24.9 Å². The maximum atomic E-state index is 12.9. The molecule has 1 atom stereocenters. The molecular formula is C25H24N4O3. The number of carbonyl (C=O) groups excluding carboxylic acids is 1. The summed E-state index contributed by atoms with van der Waals surface area (Å²) in [6.45, 7) is 2.43. The van der Waals surface area contributed by atoms with Crippen molar-refractivity contribution in [2.24, 2.45) is 0 Å². The van der Waals surface area contributed by atoms with Crippen molar-refractivity contribution < 1.29 is 4.79 Å². The Hall–Kier alpha value is -4.00. The van der Waals surface area contributed by atoms with Gasteiger partial charge in [0.25, 0.3) is 0 Å². The lowest BCUT2D eigenvalue weighted by molar-refractivity contribution is -0.121. The van der Waals surface area contributed by atoms with E-state index in [2.05, 4.69) is 10.3 Å². The summed E-state index contributed by atoms with van der Waals surface area (Å²) in [7, 11) is 0. The van der Waals surface area contributed by atoms with Crippen LogP contribution in [0.15, 0.2) is 88.6 Å². The fourth-order valence-corrected chi connectivity index (χ4v) is 3.68. The lowest BCUT2D eigenvalue weighted by Crippen LogP contribution is -2.44. The van der Waals surface area contributed by atoms with E-state index in [9.17, 15) is 14.4 Å². The van der Waals surface area contributed by atoms with E-state index in [1.54, 1.807) is 18.3 Å². The van der Waals surface area contributed by atoms with Crippen LogP contribution in [0.4, 0.5) is 0 Å². The van der Waals surface area contributed by atoms with Gasteiger partial charge in [0, 0.05) is 12.7 Å². The summed E-state index contributed by atoms with van der Waals surface area (Å²) >= 11 is 0. The first-order valence-electron chi connectivity index (χ1n) is 10.5. The van der Waals surface area contributed by atoms with Crippen molar-refractivity contribution in [2.45, 2.75) is 25.9 Å². The van der Waals surface area contributed by atoms with Crippen LogP contribution in [0.25, 0.3) is 11.2 Å². The molecule has 1 N–H and O–H groups in total. The molecule has 0 saturated heterocycles. The van der Waals surface area contributed by atoms with Gasteiger partial charge in [-0.15, -0.1) is 0 Å². The van der Waals surface area contributed by atoms with Crippen LogP contribution in [0.1, 0.15) is 24.0 Å². The summed E-state index contributed by atoms with van der Waals surface area (Å²) in [6, 6.07) is 22.7. The highest BCUT2D eigenvalue weighted by molar-refractivity contribution is 5.78. The summed E-state index contributed by atoms with van der Waals surface area (Å²) in [4.78, 5) is 42.8. The second kappa shape index (κ2) is 9.43. The second-order valence-electron chi connectivity index (χ2n) is 7.73. The van der Waals surface area contributed by atoms with Gasteiger partial charge >= 0.3 is 11.1 Å². The molecule has 0 saturated carbocycles. The number of aromatic nitrogens is 3. The molecule has 0 radical (unpaired) electrons. The van der Waals surface area contributed by atoms with Crippen LogP contribution >= 0.6 is 0 Å². The van der Waals surface area contributed by atoms with Gasteiger partial charge in [0.05, 0.1) is 12.1 Å². The van der Waals surface area contributed by atoms with Crippen LogP contribution in [0.3, 0.4) is 0 Å². The summed E-state index contributed by atoms with van der Waals surface area (Å²) in [5.41, 5.74) is 1.36. The van der Waals surface area contributed by atoms with E-state index in [1.165, 1.54) is 9.13 Å². The van der Waals surface area contributed by atoms with Crippen molar-refractivity contribution >= 4 is 17.1 Å². The molecule has 2 aromatic carbocycles. The van der Waals surface area contributed by atoms with Gasteiger partial charge in [0.2, 0.25) is 5.91 Å². The highest BCUT2D eigenvalue weighted by atomic mass is 16.2. The van der Waals surface area contributed by atoms with E-state index in [1.807, 2.05) is 67.6 Å². The predicted octanol–water partition coefficient (Wildman–Crippen LogP) is 2.53. The van der Waals surface area contributed by atoms with E-state index in [0.29, 0.717) is 17.7 Å². The molecule has 2 aromatic heterocycles. The molecule has 7 nitrogen and oxygen atoms in total. The zero-order chi connectivity index (χ0) is 22.5. The van der Waals surface area contributed by atoms with Gasteiger partial charge in [-0.1, -0.05) is 67.6 Å². The summed E-state index contributed by atoms with van der Waals surface area (Å²) in [5, 5.41) is 2.87. The summed E-state index contributed by atoms with van der Waals surface area (Å²) < 4.78 is 2.56. The number of pyridine rings is 1. The highest BCUT2D eigenvalue weighted by Crippen LogP contribution is 2.13. The Labute approximate surface area is 185 Å². The first-order chi connectivity index (χ1) is 15.5. The third-order valence-electron chi connectivity index (χ3n) is 5.45. The smallest absolute Gasteiger partial charge is 0.318 e. The Bertz CT molecular complexity index is 1340. The minimum Gasteiger partial charge on any atom is -0.354 e. The molecule has 0 fully saturated rings. The van der Waals surface area contributed by atoms with Crippen molar-refractivity contribution in [1.29, 1.82) is 0 Å². The molecular weight excluding hydrogens is 404 g/mol. The van der Waals surface area contributed by atoms with Gasteiger partial charge in [-0.2, -0.15) is 0 Å². The van der Waals surface area contributed by atoms with Gasteiger partial charge in [-0.05, 0) is 29.2 Å². The standard InChI is InChI=1S/C25H24N4O3/c1-18(20-11-6-3-7-12-20)15-27-22(30)17-28-21-13-8-14-26-23(21)29(25(32)24(28)31)16-19-9-4-2-5-10-19/h2-14,18H,15-17H2,1H3,(H,27,30). The molecule has 1 amide bonds. The van der Waals surface area contributed by atoms with Gasteiger partial charge in [0.15, 0.2) is 5.65 Å². The molecule has 0 spiro atoms. The fraction of sp³-hybridized carbons (Fsp3) is 0.200. The van der Waals surface area contributed by atoms with Crippen LogP contribution < -0.4 is 16.4 Å². The molecule has 162 valence electrons. The molecule has 0 aliphatic carbocycles. The van der Waals surface area contributed by atoms with Crippen LogP contribution in [-0.2, 0) is 17.9 Å². The first-order valence-corrected chi connectivity index (χ1v) is 10.5. The Kier molecular flexibility index (Phi) is 6.26. The van der Waals surface area contributed by atoms with Crippen molar-refractivity contribution in [3.8, 4) is 0 Å². The van der Waals surface area contributed by atoms with Crippen molar-refractivity contribution in [3.05, 3.63) is 111 Å². The zero-order valence-corrected chi connectivity index (χ0v) is 17.8. The van der Waals surface area contributed by atoms with Crippen molar-refractivity contribution in [3.63, 3.8) is 0 Å². The second-order valence-corrected chi connectivity index (χ2v) is 7.73. The minimum atomic E-state index is -0.743. The SMILES string of the molecule is CC(CNC(=O)Cn1c(=O)c(=O)n(Cc2ccccc2)c2ncccc21)c1ccccc1. The normalized spacial score (nSPS) is 11.9. The molecule has 0 aliphatic heterocycles. The lowest BCUT2D eigenvalue weighted by atomic mass is 10.0. The Morgan fingerprint density at radius 1 is 0.906 bits per heavy atom. The first kappa shape index (κ1) is 21.2. The molecule has 4 aromatic rings. The molecule has 4 rings (SSSR count). The number of hydrogen-bond acceptors (Lipinski definition) is 4. The molecule has 1 unspecified atom stereocenters. The number of fused-ring (bicyclic) bond motifs is 1. The highest BCUT2D eigenvalue weighted by Gasteiger charge is 2.17. The molecule has 32 heavy (non-hydrogen) atoms. The van der Waals surface area contributed by atoms with E-state index < -0.39 is 11.1 Å². The number of nitrogens with zero attached hydrogens (tertiary/aromatic N) is 3. The maximum Gasteiger partial charge on any atom is 0.318 e. The van der Waals surface area contributed by atoms with Crippen molar-refractivity contribution in [1.82, 2.24) is 19.4 Å². The predicted molar refractivity (Wildman–Crippen MR) is 124 cm³/mol. The zero-order valence-electron chi connectivity index (χ0n) is 17.8. The Morgan fingerprint density at radius 3 is 2.28 bits per heavy atom. The third-order valence-corrected chi connectivity index (χ3v) is 5.45. The van der Waals surface area contributed by atoms with E-state index in [0.717, 1.165) is 11.1 Å². The molecule has 7 heteroatoms. The van der Waals surface area contributed by atoms with E-state index in [4.69, 9.17) is 0 Å². The summed E-state index contributed by atoms with van der Waals surface area (Å²) in [5.74, 6) is -0.214. The quantitative estimate of drug-likeness (QED) is 0.459. The average molecular weight is 428 g/mol. The van der Waals surface area contributed by atoms with Crippen LogP contribution in [0, 0.1) is 0 Å². The van der Waals surface area contributed by atoms with Crippen LogP contribution in [0.5, 0.6) is 0 Å². The largest absolute Gasteiger partial charge is 0.354 e. The number of rotatable bonds is 7. The number of hydrogen-bond donors (Lipinski definition) is 1. The maximum absolute atomic E-state index is 12.9. The minimum absolute atomic E-state index is 0.120. The molecule has 2 heterocycles. The average Bonchev–Trinajstić information content (AvgIpc) is 2.84. The number of carbonyl (C=O) groups is 1. The fourth-order valence-electron chi connectivity index (χ4n) is 3.68. The van der Waals surface area contributed by atoms with Crippen LogP contribution in [0.2, 0.25) is 0 Å². The Balaban J connectivity index is 1.60. The third kappa shape index (κ3) is 4.51. The summed E-state index contributed by atoms with van der Waals surface area (Å²) in [6.07, 6.45) is 1.57. The monoisotopic (exact) mass is 428 g/mol. The van der Waals surface area contributed by atoms with Gasteiger partial charge < -0.3 is 5.32 Å². The topological polar surface area (TPSA) is 86.0 Å².